The number of aromatic nitrogens is 2. The Labute approximate surface area is 151 Å². The molecule has 0 saturated heterocycles. The standard InChI is InChI=1S/C18H23N3O5/c1-12-5-4-6-14-17(12)19-11-21(18(14)24)8-7-16(23)26-10-15(22)20-13(2)9-25-3/h4-6,11,13H,7-10H2,1-3H3,(H,20,22). The number of aryl methyl sites for hydroxylation is 2. The summed E-state index contributed by atoms with van der Waals surface area (Å²) in [6.45, 7) is 3.81. The molecular formula is C18H23N3O5. The third-order valence-corrected chi connectivity index (χ3v) is 3.80. The Morgan fingerprint density at radius 1 is 1.35 bits per heavy atom. The van der Waals surface area contributed by atoms with Crippen LogP contribution in [0.4, 0.5) is 0 Å². The van der Waals surface area contributed by atoms with Crippen LogP contribution in [0.1, 0.15) is 18.9 Å². The first-order chi connectivity index (χ1) is 12.4. The van der Waals surface area contributed by atoms with Crippen LogP contribution in [-0.2, 0) is 25.6 Å². The van der Waals surface area contributed by atoms with Crippen molar-refractivity contribution >= 4 is 22.8 Å². The predicted octanol–water partition coefficient (Wildman–Crippen LogP) is 0.789. The maximum Gasteiger partial charge on any atom is 0.308 e. The van der Waals surface area contributed by atoms with E-state index >= 15 is 0 Å². The molecule has 0 fully saturated rings. The van der Waals surface area contributed by atoms with Gasteiger partial charge < -0.3 is 14.8 Å². The highest BCUT2D eigenvalue weighted by molar-refractivity contribution is 5.81. The maximum atomic E-state index is 12.4. The summed E-state index contributed by atoms with van der Waals surface area (Å²) in [5.41, 5.74) is 1.36. The highest BCUT2D eigenvalue weighted by Crippen LogP contribution is 2.11. The molecule has 0 aliphatic rings. The fourth-order valence-electron chi connectivity index (χ4n) is 2.53. The van der Waals surface area contributed by atoms with Crippen molar-refractivity contribution in [3.8, 4) is 0 Å². The van der Waals surface area contributed by atoms with Crippen LogP contribution < -0.4 is 10.9 Å². The highest BCUT2D eigenvalue weighted by atomic mass is 16.5. The molecule has 140 valence electrons. The molecule has 26 heavy (non-hydrogen) atoms. The Balaban J connectivity index is 1.88. The summed E-state index contributed by atoms with van der Waals surface area (Å²) in [6.07, 6.45) is 1.39. The van der Waals surface area contributed by atoms with E-state index in [0.29, 0.717) is 17.5 Å². The lowest BCUT2D eigenvalue weighted by Crippen LogP contribution is -2.38. The number of hydrogen-bond donors (Lipinski definition) is 1. The molecule has 1 aromatic carbocycles. The molecule has 0 radical (unpaired) electrons. The lowest BCUT2D eigenvalue weighted by molar-refractivity contribution is -0.149. The van der Waals surface area contributed by atoms with Gasteiger partial charge in [0.2, 0.25) is 0 Å². The predicted molar refractivity (Wildman–Crippen MR) is 95.8 cm³/mol. The second kappa shape index (κ2) is 9.10. The minimum absolute atomic E-state index is 0.0280. The van der Waals surface area contributed by atoms with Crippen molar-refractivity contribution in [3.05, 3.63) is 40.4 Å². The summed E-state index contributed by atoms with van der Waals surface area (Å²) < 4.78 is 11.2. The zero-order valence-electron chi connectivity index (χ0n) is 15.2. The van der Waals surface area contributed by atoms with Gasteiger partial charge in [-0.05, 0) is 25.5 Å². The number of benzene rings is 1. The van der Waals surface area contributed by atoms with E-state index in [1.165, 1.54) is 18.0 Å². The van der Waals surface area contributed by atoms with Crippen molar-refractivity contribution in [2.24, 2.45) is 0 Å². The van der Waals surface area contributed by atoms with E-state index in [1.54, 1.807) is 19.1 Å². The van der Waals surface area contributed by atoms with Gasteiger partial charge >= 0.3 is 5.97 Å². The summed E-state index contributed by atoms with van der Waals surface area (Å²) in [7, 11) is 1.54. The molecule has 2 aromatic rings. The second-order valence-corrected chi connectivity index (χ2v) is 6.05. The average Bonchev–Trinajstić information content (AvgIpc) is 2.60. The molecule has 1 atom stereocenters. The van der Waals surface area contributed by atoms with E-state index in [9.17, 15) is 14.4 Å². The van der Waals surface area contributed by atoms with Crippen LogP contribution in [0, 0.1) is 6.92 Å². The molecule has 1 unspecified atom stereocenters. The SMILES string of the molecule is COCC(C)NC(=O)COC(=O)CCn1cnc2c(C)cccc2c1=O. The molecular weight excluding hydrogens is 338 g/mol. The minimum atomic E-state index is -0.559. The van der Waals surface area contributed by atoms with E-state index in [1.807, 2.05) is 13.0 Å². The molecule has 8 heteroatoms. The van der Waals surface area contributed by atoms with Crippen LogP contribution in [0.25, 0.3) is 10.9 Å². The molecule has 0 spiro atoms. The fraction of sp³-hybridized carbons (Fsp3) is 0.444. The van der Waals surface area contributed by atoms with Crippen molar-refractivity contribution < 1.29 is 19.1 Å². The molecule has 0 aliphatic heterocycles. The highest BCUT2D eigenvalue weighted by Gasteiger charge is 2.12. The van der Waals surface area contributed by atoms with Crippen LogP contribution in [0.15, 0.2) is 29.3 Å². The number of nitrogens with one attached hydrogen (secondary N) is 1. The van der Waals surface area contributed by atoms with Gasteiger partial charge in [-0.1, -0.05) is 12.1 Å². The van der Waals surface area contributed by atoms with Gasteiger partial charge in [0.05, 0.1) is 30.3 Å². The van der Waals surface area contributed by atoms with Crippen LogP contribution in [0.3, 0.4) is 0 Å². The van der Waals surface area contributed by atoms with Crippen LogP contribution in [0.5, 0.6) is 0 Å². The molecule has 0 bridgehead atoms. The first-order valence-electron chi connectivity index (χ1n) is 8.31. The van der Waals surface area contributed by atoms with Gasteiger partial charge in [-0.3, -0.25) is 19.0 Å². The van der Waals surface area contributed by atoms with Gasteiger partial charge in [-0.15, -0.1) is 0 Å². The average molecular weight is 361 g/mol. The number of ether oxygens (including phenoxy) is 2. The number of hydrogen-bond acceptors (Lipinski definition) is 6. The van der Waals surface area contributed by atoms with Crippen LogP contribution in [-0.4, -0.2) is 47.8 Å². The molecule has 2 rings (SSSR count). The number of carbonyl (C=O) groups is 2. The van der Waals surface area contributed by atoms with E-state index in [2.05, 4.69) is 10.3 Å². The zero-order chi connectivity index (χ0) is 19.1. The van der Waals surface area contributed by atoms with E-state index in [0.717, 1.165) is 5.56 Å². The number of fused-ring (bicyclic) bond motifs is 1. The molecule has 1 amide bonds. The lowest BCUT2D eigenvalue weighted by Gasteiger charge is -2.12. The number of rotatable bonds is 8. The van der Waals surface area contributed by atoms with E-state index in [4.69, 9.17) is 9.47 Å². The topological polar surface area (TPSA) is 99.5 Å². The zero-order valence-corrected chi connectivity index (χ0v) is 15.2. The maximum absolute atomic E-state index is 12.4. The van der Waals surface area contributed by atoms with Crippen LogP contribution in [0.2, 0.25) is 0 Å². The number of nitrogens with zero attached hydrogens (tertiary/aromatic N) is 2. The van der Waals surface area contributed by atoms with Crippen molar-refractivity contribution in [1.82, 2.24) is 14.9 Å². The summed E-state index contributed by atoms with van der Waals surface area (Å²) in [5.74, 6) is -0.960. The van der Waals surface area contributed by atoms with Gasteiger partial charge in [-0.25, -0.2) is 4.98 Å². The number of methoxy groups -OCH3 is 1. The molecule has 1 aromatic heterocycles. The number of para-hydroxylation sites is 1. The third kappa shape index (κ3) is 5.13. The summed E-state index contributed by atoms with van der Waals surface area (Å²) in [4.78, 5) is 40.1. The van der Waals surface area contributed by atoms with Crippen molar-refractivity contribution in [3.63, 3.8) is 0 Å². The Morgan fingerprint density at radius 3 is 2.85 bits per heavy atom. The summed E-state index contributed by atoms with van der Waals surface area (Å²) in [5, 5.41) is 3.14. The normalized spacial score (nSPS) is 12.0. The molecule has 1 N–H and O–H groups in total. The van der Waals surface area contributed by atoms with Crippen molar-refractivity contribution in [2.75, 3.05) is 20.3 Å². The number of carbonyl (C=O) groups excluding carboxylic acids is 2. The summed E-state index contributed by atoms with van der Waals surface area (Å²) >= 11 is 0. The Morgan fingerprint density at radius 2 is 2.12 bits per heavy atom. The van der Waals surface area contributed by atoms with Crippen LogP contribution >= 0.6 is 0 Å². The minimum Gasteiger partial charge on any atom is -0.456 e. The van der Waals surface area contributed by atoms with E-state index < -0.39 is 11.9 Å². The summed E-state index contributed by atoms with van der Waals surface area (Å²) in [6, 6.07) is 5.21. The fourth-order valence-corrected chi connectivity index (χ4v) is 2.53. The molecule has 1 heterocycles. The number of esters is 1. The van der Waals surface area contributed by atoms with Crippen molar-refractivity contribution in [1.29, 1.82) is 0 Å². The smallest absolute Gasteiger partial charge is 0.308 e. The van der Waals surface area contributed by atoms with Gasteiger partial charge in [0.25, 0.3) is 11.5 Å². The molecule has 0 aliphatic carbocycles. The first-order valence-corrected chi connectivity index (χ1v) is 8.31. The van der Waals surface area contributed by atoms with E-state index in [-0.39, 0.29) is 31.2 Å². The third-order valence-electron chi connectivity index (χ3n) is 3.80. The van der Waals surface area contributed by atoms with Gasteiger partial charge in [0, 0.05) is 19.7 Å². The number of amides is 1. The largest absolute Gasteiger partial charge is 0.456 e. The first kappa shape index (κ1) is 19.6. The van der Waals surface area contributed by atoms with Gasteiger partial charge in [0.1, 0.15) is 0 Å². The quantitative estimate of drug-likeness (QED) is 0.698. The monoisotopic (exact) mass is 361 g/mol. The van der Waals surface area contributed by atoms with Gasteiger partial charge in [-0.2, -0.15) is 0 Å². The Kier molecular flexibility index (Phi) is 6.85. The van der Waals surface area contributed by atoms with Gasteiger partial charge in [0.15, 0.2) is 6.61 Å². The molecule has 8 nitrogen and oxygen atoms in total. The Hall–Kier alpha value is -2.74. The van der Waals surface area contributed by atoms with Crippen molar-refractivity contribution in [2.45, 2.75) is 32.9 Å². The Bertz CT molecular complexity index is 846. The molecule has 0 saturated carbocycles. The lowest BCUT2D eigenvalue weighted by atomic mass is 10.1. The second-order valence-electron chi connectivity index (χ2n) is 6.05.